The Balaban J connectivity index is 2.03. The Labute approximate surface area is 124 Å². The minimum Gasteiger partial charge on any atom is -0.360 e. The maximum Gasteiger partial charge on any atom is 0.286 e. The summed E-state index contributed by atoms with van der Waals surface area (Å²) in [6.45, 7) is 2.79. The zero-order valence-corrected chi connectivity index (χ0v) is 12.2. The lowest BCUT2D eigenvalue weighted by Gasteiger charge is -2.03. The fourth-order valence-electron chi connectivity index (χ4n) is 1.38. The van der Waals surface area contributed by atoms with Crippen LogP contribution in [0, 0.1) is 5.82 Å². The molecule has 2 aromatic rings. The number of nitrogens with one attached hydrogen (secondary N) is 2. The summed E-state index contributed by atoms with van der Waals surface area (Å²) in [6, 6.07) is 4.04. The molecular formula is C12H12ClFN4OS. The van der Waals surface area contributed by atoms with Gasteiger partial charge >= 0.3 is 0 Å². The van der Waals surface area contributed by atoms with Crippen LogP contribution in [-0.4, -0.2) is 22.6 Å². The van der Waals surface area contributed by atoms with E-state index < -0.39 is 11.7 Å². The van der Waals surface area contributed by atoms with Gasteiger partial charge in [-0.05, 0) is 24.6 Å². The van der Waals surface area contributed by atoms with E-state index in [2.05, 4.69) is 20.8 Å². The Morgan fingerprint density at radius 2 is 2.25 bits per heavy atom. The Morgan fingerprint density at radius 3 is 2.95 bits per heavy atom. The number of amides is 1. The summed E-state index contributed by atoms with van der Waals surface area (Å²) >= 11 is 6.71. The maximum atomic E-state index is 13.3. The molecule has 1 amide bonds. The summed E-state index contributed by atoms with van der Waals surface area (Å²) in [5.41, 5.74) is 0.315. The fourth-order valence-corrected chi connectivity index (χ4v) is 2.16. The molecule has 0 unspecified atom stereocenters. The van der Waals surface area contributed by atoms with E-state index in [1.807, 2.05) is 6.92 Å². The zero-order valence-electron chi connectivity index (χ0n) is 10.6. The number of aromatic nitrogens is 2. The predicted molar refractivity (Wildman–Crippen MR) is 78.1 cm³/mol. The van der Waals surface area contributed by atoms with Crippen LogP contribution in [-0.2, 0) is 0 Å². The number of hydrogen-bond donors (Lipinski definition) is 2. The molecule has 8 heteroatoms. The highest BCUT2D eigenvalue weighted by Crippen LogP contribution is 2.20. The van der Waals surface area contributed by atoms with Crippen molar-refractivity contribution in [2.24, 2.45) is 0 Å². The minimum atomic E-state index is -0.591. The van der Waals surface area contributed by atoms with E-state index in [-0.39, 0.29) is 10.0 Å². The minimum absolute atomic E-state index is 0.00460. The molecular weight excluding hydrogens is 303 g/mol. The highest BCUT2D eigenvalue weighted by Gasteiger charge is 2.13. The average molecular weight is 315 g/mol. The molecule has 0 fully saturated rings. The summed E-state index contributed by atoms with van der Waals surface area (Å²) in [5, 5.41) is 14.0. The van der Waals surface area contributed by atoms with Crippen LogP contribution in [0.1, 0.15) is 23.1 Å². The van der Waals surface area contributed by atoms with Gasteiger partial charge in [-0.3, -0.25) is 4.79 Å². The summed E-state index contributed by atoms with van der Waals surface area (Å²) in [4.78, 5) is 11.9. The number of nitrogens with zero attached hydrogens (tertiary/aromatic N) is 2. The molecule has 5 nitrogen and oxygen atoms in total. The van der Waals surface area contributed by atoms with E-state index in [1.165, 1.54) is 12.1 Å². The first-order valence-corrected chi connectivity index (χ1v) is 7.13. The Bertz CT molecular complexity index is 619. The monoisotopic (exact) mass is 314 g/mol. The number of carbonyl (C=O) groups excluding carboxylic acids is 1. The van der Waals surface area contributed by atoms with Gasteiger partial charge in [-0.15, -0.1) is 10.2 Å². The smallest absolute Gasteiger partial charge is 0.286 e. The molecule has 0 saturated heterocycles. The summed E-state index contributed by atoms with van der Waals surface area (Å²) in [6.07, 6.45) is 0.950. The second kappa shape index (κ2) is 6.62. The van der Waals surface area contributed by atoms with Gasteiger partial charge in [-0.1, -0.05) is 29.9 Å². The molecule has 1 heterocycles. The molecule has 0 radical (unpaired) electrons. The number of anilines is 2. The lowest BCUT2D eigenvalue weighted by Crippen LogP contribution is -2.11. The van der Waals surface area contributed by atoms with Gasteiger partial charge < -0.3 is 10.6 Å². The quantitative estimate of drug-likeness (QED) is 0.887. The summed E-state index contributed by atoms with van der Waals surface area (Å²) in [7, 11) is 0. The van der Waals surface area contributed by atoms with Crippen molar-refractivity contribution >= 4 is 39.7 Å². The van der Waals surface area contributed by atoms with E-state index in [0.29, 0.717) is 10.8 Å². The molecule has 2 N–H and O–H groups in total. The van der Waals surface area contributed by atoms with Crippen LogP contribution in [0.4, 0.5) is 15.2 Å². The summed E-state index contributed by atoms with van der Waals surface area (Å²) < 4.78 is 13.3. The van der Waals surface area contributed by atoms with Crippen LogP contribution in [0.5, 0.6) is 0 Å². The number of benzene rings is 1. The van der Waals surface area contributed by atoms with Gasteiger partial charge in [-0.2, -0.15) is 0 Å². The zero-order chi connectivity index (χ0) is 14.5. The van der Waals surface area contributed by atoms with Crippen molar-refractivity contribution in [3.63, 3.8) is 0 Å². The van der Waals surface area contributed by atoms with Crippen molar-refractivity contribution in [1.29, 1.82) is 0 Å². The molecule has 0 spiro atoms. The lowest BCUT2D eigenvalue weighted by atomic mass is 10.3. The van der Waals surface area contributed by atoms with Gasteiger partial charge in [-0.25, -0.2) is 4.39 Å². The molecule has 1 aromatic heterocycles. The number of rotatable bonds is 5. The molecule has 0 aliphatic carbocycles. The van der Waals surface area contributed by atoms with Crippen LogP contribution >= 0.6 is 22.9 Å². The summed E-state index contributed by atoms with van der Waals surface area (Å²) in [5.74, 6) is -1.03. The highest BCUT2D eigenvalue weighted by molar-refractivity contribution is 7.17. The van der Waals surface area contributed by atoms with Gasteiger partial charge in [0.05, 0.1) is 5.02 Å². The molecule has 106 valence electrons. The molecule has 0 aliphatic heterocycles. The molecule has 0 bridgehead atoms. The molecule has 0 saturated carbocycles. The van der Waals surface area contributed by atoms with E-state index in [1.54, 1.807) is 0 Å². The Hall–Kier alpha value is -1.73. The third-order valence-corrected chi connectivity index (χ3v) is 3.51. The van der Waals surface area contributed by atoms with Crippen LogP contribution in [0.15, 0.2) is 18.2 Å². The van der Waals surface area contributed by atoms with Crippen molar-refractivity contribution in [2.75, 3.05) is 17.2 Å². The molecule has 0 aliphatic rings. The normalized spacial score (nSPS) is 10.3. The van der Waals surface area contributed by atoms with E-state index in [0.717, 1.165) is 30.4 Å². The maximum absolute atomic E-state index is 13.3. The van der Waals surface area contributed by atoms with Crippen LogP contribution < -0.4 is 10.6 Å². The van der Waals surface area contributed by atoms with E-state index >= 15 is 0 Å². The predicted octanol–water partition coefficient (Wildman–Crippen LogP) is 3.40. The van der Waals surface area contributed by atoms with E-state index in [9.17, 15) is 9.18 Å². The molecule has 20 heavy (non-hydrogen) atoms. The lowest BCUT2D eigenvalue weighted by molar-refractivity contribution is 0.102. The van der Waals surface area contributed by atoms with Crippen molar-refractivity contribution in [3.8, 4) is 0 Å². The van der Waals surface area contributed by atoms with E-state index in [4.69, 9.17) is 11.6 Å². The van der Waals surface area contributed by atoms with Crippen molar-refractivity contribution in [3.05, 3.63) is 34.0 Å². The third kappa shape index (κ3) is 3.64. The first-order valence-electron chi connectivity index (χ1n) is 5.94. The van der Waals surface area contributed by atoms with Gasteiger partial charge in [0, 0.05) is 12.2 Å². The SMILES string of the molecule is CCCNc1nnc(C(=O)Nc2ccc(Cl)c(F)c2)s1. The van der Waals surface area contributed by atoms with Crippen molar-refractivity contribution < 1.29 is 9.18 Å². The number of carbonyl (C=O) groups is 1. The van der Waals surface area contributed by atoms with Gasteiger partial charge in [0.15, 0.2) is 0 Å². The van der Waals surface area contributed by atoms with Gasteiger partial charge in [0.1, 0.15) is 5.82 Å². The molecule has 0 atom stereocenters. The highest BCUT2D eigenvalue weighted by atomic mass is 35.5. The fraction of sp³-hybridized carbons (Fsp3) is 0.250. The number of hydrogen-bond acceptors (Lipinski definition) is 5. The molecule has 2 rings (SSSR count). The molecule has 1 aromatic carbocycles. The Morgan fingerprint density at radius 1 is 1.45 bits per heavy atom. The van der Waals surface area contributed by atoms with Crippen LogP contribution in [0.3, 0.4) is 0 Å². The van der Waals surface area contributed by atoms with Gasteiger partial charge in [0.2, 0.25) is 10.1 Å². The first-order chi connectivity index (χ1) is 9.60. The second-order valence-electron chi connectivity index (χ2n) is 3.92. The van der Waals surface area contributed by atoms with Gasteiger partial charge in [0.25, 0.3) is 5.91 Å². The van der Waals surface area contributed by atoms with Crippen molar-refractivity contribution in [2.45, 2.75) is 13.3 Å². The third-order valence-electron chi connectivity index (χ3n) is 2.32. The second-order valence-corrected chi connectivity index (χ2v) is 5.31. The first kappa shape index (κ1) is 14.7. The van der Waals surface area contributed by atoms with Crippen LogP contribution in [0.2, 0.25) is 5.02 Å². The topological polar surface area (TPSA) is 66.9 Å². The van der Waals surface area contributed by atoms with Crippen LogP contribution in [0.25, 0.3) is 0 Å². The standard InChI is InChI=1S/C12H12ClFN4OS/c1-2-5-15-12-18-17-11(20-12)10(19)16-7-3-4-8(13)9(14)6-7/h3-4,6H,2,5H2,1H3,(H,15,18)(H,16,19). The number of halogens is 2. The largest absolute Gasteiger partial charge is 0.360 e. The Kier molecular flexibility index (Phi) is 4.86. The van der Waals surface area contributed by atoms with Crippen molar-refractivity contribution in [1.82, 2.24) is 10.2 Å². The average Bonchev–Trinajstić information content (AvgIpc) is 2.89.